The smallest absolute Gasteiger partial charge is 0.373 e. The predicted molar refractivity (Wildman–Crippen MR) is 691 cm³/mol. The van der Waals surface area contributed by atoms with Crippen LogP contribution in [0.4, 0.5) is 0 Å². The molecular weight excluding hydrogens is 2280 g/mol. The first kappa shape index (κ1) is 134. The van der Waals surface area contributed by atoms with Crippen LogP contribution in [0.25, 0.3) is 0 Å². The standard InChI is InChI=1S/C105H210O15S20Si5/c1-28-106-141(107-29-2,108-30-3)100(77-88-61-66-93(100)72-88)136(131-121,126-43-16)98(71-86(26)60-52-59-84(24)55-49-48-54-83(23)57-51-58-85(25)56-50-53-82(21)22)105(139(134-124,129-46-19)103(80-91-64-69-96(103)75-91)144(115-37-10,116-38-11)117-39-12,140(135-125,130-47-20)104(81-92-65-70-97(104)76-92)145(118-40-13,119-41-14)120-42-15)87(27)99(137(132-122,127-44-17)101(78-89-62-67-94(101)73-89)142(109-31-4,110-32-5)111-33-6)138(133-123,128-45-18)102(79-90-63-68-95(102)74-90)143(112-34-7,113-35-8)114-36-9/h82-86,88-98,121-125H,28-81H2,1-27H3. The molecule has 0 amide bonds. The Hall–Kier alpha value is 7.22. The topological polar surface area (TPSA) is 138 Å². The molecule has 10 fully saturated rings. The van der Waals surface area contributed by atoms with Gasteiger partial charge in [-0.2, -0.15) is 0 Å². The summed E-state index contributed by atoms with van der Waals surface area (Å²) in [6, 6.07) is 0. The van der Waals surface area contributed by atoms with Gasteiger partial charge in [0.25, 0.3) is 0 Å². The first-order chi connectivity index (χ1) is 69.8. The molecule has 860 valence electrons. The van der Waals surface area contributed by atoms with Crippen molar-refractivity contribution in [2.45, 2.75) is 436 Å². The third kappa shape index (κ3) is 24.2. The van der Waals surface area contributed by atoms with E-state index in [2.05, 4.69) is 241 Å². The van der Waals surface area contributed by atoms with Crippen molar-refractivity contribution in [1.29, 1.82) is 0 Å². The zero-order valence-electron chi connectivity index (χ0n) is 95.4. The number of fused-ring (bicyclic) bond motifs is 10. The number of rotatable bonds is 81. The highest BCUT2D eigenvalue weighted by Gasteiger charge is 2.93. The first-order valence-corrected chi connectivity index (χ1v) is 94.4. The summed E-state index contributed by atoms with van der Waals surface area (Å²) < 4.78 is 124. The van der Waals surface area contributed by atoms with E-state index in [0.29, 0.717) is 135 Å². The summed E-state index contributed by atoms with van der Waals surface area (Å²) in [5.74, 6) is 9.05. The van der Waals surface area contributed by atoms with Crippen molar-refractivity contribution in [3.05, 3.63) is 9.81 Å². The average Bonchev–Trinajstić information content (AvgIpc) is 1.60. The molecular formula is C105H210O15S20Si5. The van der Waals surface area contributed by atoms with E-state index in [1.54, 1.807) is 4.24 Å². The molecule has 10 rings (SSSR count). The van der Waals surface area contributed by atoms with Gasteiger partial charge in [0.2, 0.25) is 0 Å². The van der Waals surface area contributed by atoms with Crippen LogP contribution < -0.4 is 0 Å². The minimum absolute atomic E-state index is 0.0581. The number of unbranched alkanes of at least 4 members (excludes halogenated alkanes) is 1. The van der Waals surface area contributed by atoms with E-state index in [-0.39, 0.29) is 40.8 Å². The molecule has 25 unspecified atom stereocenters. The van der Waals surface area contributed by atoms with Crippen molar-refractivity contribution in [1.82, 2.24) is 0 Å². The van der Waals surface area contributed by atoms with Gasteiger partial charge in [0.15, 0.2) is 0 Å². The Morgan fingerprint density at radius 1 is 0.283 bits per heavy atom. The fourth-order valence-corrected chi connectivity index (χ4v) is 166. The maximum absolute atomic E-state index is 8.65. The highest BCUT2D eigenvalue weighted by molar-refractivity contribution is 9.46. The van der Waals surface area contributed by atoms with E-state index >= 15 is 0 Å². The molecule has 0 radical (unpaired) electrons. The highest BCUT2D eigenvalue weighted by Crippen LogP contribution is 3.12. The van der Waals surface area contributed by atoms with E-state index in [9.17, 15) is 0 Å². The zero-order valence-corrected chi connectivity index (χ0v) is 117. The molecule has 10 saturated carbocycles. The fraction of sp³-hybridized carbons (Fsp3) is 0.981. The third-order valence-electron chi connectivity index (χ3n) is 35.4. The summed E-state index contributed by atoms with van der Waals surface area (Å²) in [5.41, 5.74) is 1.49. The van der Waals surface area contributed by atoms with Crippen LogP contribution in [-0.4, -0.2) is 203 Å². The second kappa shape index (κ2) is 61.2. The summed E-state index contributed by atoms with van der Waals surface area (Å²) in [4.78, 5) is 0. The normalized spacial score (nSPS) is 32.0. The van der Waals surface area contributed by atoms with E-state index in [0.717, 1.165) is 201 Å². The van der Waals surface area contributed by atoms with Gasteiger partial charge in [-0.05, 0) is 357 Å². The van der Waals surface area contributed by atoms with Crippen LogP contribution in [-0.2, 0) is 66.4 Å². The summed E-state index contributed by atoms with van der Waals surface area (Å²) in [5, 5.41) is -0.366. The lowest BCUT2D eigenvalue weighted by atomic mass is 9.90. The quantitative estimate of drug-likeness (QED) is 0.0171. The van der Waals surface area contributed by atoms with Gasteiger partial charge < -0.3 is 66.4 Å². The molecule has 10 aliphatic rings. The number of hydrogen-bond acceptors (Lipinski definition) is 30. The SMILES string of the molecule is CCO[Si](OCC)(OCC)C1(S(SS)(SCC)C(=C(C)C(C(CC(C)CCCC(C)CCCCC(C)CCCC(C)CCCC(C)C)S(SS)(SCC)C2([Si](OCC)(OCC)OCC)CC3CCC2C3)(S(SS)(SCC)C2([Si](OCC)(OCC)OCC)CC3CCC2C3)S(SS)(SCC)C2([Si](OCC)(OCC)OCC)CC3CCC2C3)S(SS)(SCC)C2([Si](OCC)(OCC)OCC)CC3CCC2C3)CC2CCC1C2. The lowest BCUT2D eigenvalue weighted by molar-refractivity contribution is 0.0482. The Morgan fingerprint density at radius 2 is 0.517 bits per heavy atom. The Balaban J connectivity index is 1.66. The Bertz CT molecular complexity index is 3600. The molecule has 10 bridgehead atoms. The van der Waals surface area contributed by atoms with Crippen molar-refractivity contribution in [2.75, 3.05) is 128 Å². The van der Waals surface area contributed by atoms with Crippen molar-refractivity contribution in [2.24, 2.45) is 88.8 Å². The molecule has 145 heavy (non-hydrogen) atoms. The van der Waals surface area contributed by atoms with E-state index in [4.69, 9.17) is 125 Å². The summed E-state index contributed by atoms with van der Waals surface area (Å²) in [6.07, 6.45) is 37.7. The molecule has 0 aliphatic heterocycles. The van der Waals surface area contributed by atoms with Crippen LogP contribution in [0, 0.1) is 88.8 Å². The van der Waals surface area contributed by atoms with Gasteiger partial charge in [-0.1, -0.05) is 230 Å². The van der Waals surface area contributed by atoms with Gasteiger partial charge >= 0.3 is 44.0 Å². The summed E-state index contributed by atoms with van der Waals surface area (Å²) in [6.45, 7) is 71.2. The average molecular weight is 2490 g/mol. The van der Waals surface area contributed by atoms with E-state index in [1.165, 1.54) is 69.8 Å². The minimum atomic E-state index is -4.41. The van der Waals surface area contributed by atoms with Crippen LogP contribution in [0.15, 0.2) is 9.81 Å². The molecule has 0 saturated heterocycles. The molecule has 10 aliphatic carbocycles. The van der Waals surface area contributed by atoms with Gasteiger partial charge in [-0.3, -0.25) is 0 Å². The van der Waals surface area contributed by atoms with Crippen LogP contribution >= 0.6 is 202 Å². The van der Waals surface area contributed by atoms with Crippen LogP contribution in [0.5, 0.6) is 0 Å². The van der Waals surface area contributed by atoms with Gasteiger partial charge in [-0.25, -0.2) is 0 Å². The third-order valence-corrected chi connectivity index (χ3v) is 139. The van der Waals surface area contributed by atoms with Crippen molar-refractivity contribution in [3.63, 3.8) is 0 Å². The number of hydrogen-bond donors (Lipinski definition) is 5. The summed E-state index contributed by atoms with van der Waals surface area (Å²) in [7, 11) is -15.3. The highest BCUT2D eigenvalue weighted by atomic mass is 33.8. The minimum Gasteiger partial charge on any atom is -0.373 e. The van der Waals surface area contributed by atoms with Gasteiger partial charge in [-0.15, -0.1) is 115 Å². The zero-order chi connectivity index (χ0) is 106. The Labute approximate surface area is 964 Å². The lowest BCUT2D eigenvalue weighted by Gasteiger charge is -2.80. The van der Waals surface area contributed by atoms with Crippen LogP contribution in [0.3, 0.4) is 0 Å². The number of thiol groups is 5. The van der Waals surface area contributed by atoms with Crippen LogP contribution in [0.2, 0.25) is 0 Å². The first-order valence-electron chi connectivity index (χ1n) is 58.1. The molecule has 40 heteroatoms. The molecule has 15 nitrogen and oxygen atoms in total. The molecule has 0 heterocycles. The van der Waals surface area contributed by atoms with Crippen molar-refractivity contribution in [3.8, 4) is 0 Å². The molecule has 0 N–H and O–H groups in total. The van der Waals surface area contributed by atoms with Crippen molar-refractivity contribution < 1.29 is 66.4 Å². The van der Waals surface area contributed by atoms with E-state index < -0.39 is 110 Å². The maximum Gasteiger partial charge on any atom is 0.518 e. The molecule has 0 aromatic carbocycles. The molecule has 25 atom stereocenters. The van der Waals surface area contributed by atoms with Gasteiger partial charge in [0.05, 0.1) is 21.9 Å². The lowest BCUT2D eigenvalue weighted by Crippen LogP contribution is -2.77. The Kier molecular flexibility index (Phi) is 56.5. The monoisotopic (exact) mass is 2490 g/mol. The molecule has 0 aromatic rings. The molecule has 0 aromatic heterocycles. The summed E-state index contributed by atoms with van der Waals surface area (Å²) >= 11 is 34.6. The van der Waals surface area contributed by atoms with Gasteiger partial charge in [0.1, 0.15) is 4.08 Å². The van der Waals surface area contributed by atoms with Gasteiger partial charge in [0, 0.05) is 137 Å². The predicted octanol–water partition coefficient (Wildman–Crippen LogP) is 37.5. The molecule has 0 spiro atoms. The van der Waals surface area contributed by atoms with Crippen molar-refractivity contribution >= 4 is 246 Å². The Morgan fingerprint density at radius 3 is 0.738 bits per heavy atom. The fourth-order valence-electron chi connectivity index (χ4n) is 31.3. The maximum atomic E-state index is 8.65. The second-order valence-electron chi connectivity index (χ2n) is 43.8. The largest absolute Gasteiger partial charge is 0.518 e. The van der Waals surface area contributed by atoms with Crippen LogP contribution in [0.1, 0.15) is 405 Å². The second-order valence-corrected chi connectivity index (χ2v) is 108. The van der Waals surface area contributed by atoms with E-state index in [1.807, 2.05) is 49.1 Å².